The van der Waals surface area contributed by atoms with E-state index in [0.717, 1.165) is 24.8 Å². The molecule has 1 aliphatic rings. The second-order valence-electron chi connectivity index (χ2n) is 5.76. The van der Waals surface area contributed by atoms with E-state index >= 15 is 0 Å². The number of hydrogen-bond acceptors (Lipinski definition) is 2. The molecule has 0 saturated heterocycles. The van der Waals surface area contributed by atoms with Crippen LogP contribution in [0.15, 0.2) is 18.2 Å². The van der Waals surface area contributed by atoms with Crippen LogP contribution in [0.3, 0.4) is 0 Å². The zero-order valence-corrected chi connectivity index (χ0v) is 11.8. The Morgan fingerprint density at radius 2 is 1.89 bits per heavy atom. The first kappa shape index (κ1) is 14.3. The number of ether oxygens (including phenoxy) is 1. The molecule has 1 saturated carbocycles. The van der Waals surface area contributed by atoms with E-state index in [0.29, 0.717) is 12.3 Å². The van der Waals surface area contributed by atoms with E-state index in [-0.39, 0.29) is 11.2 Å². The number of nitrogens with two attached hydrogens (primary N) is 1. The molecule has 2 rings (SSSR count). The molecule has 0 bridgehead atoms. The van der Waals surface area contributed by atoms with Gasteiger partial charge in [0.15, 0.2) is 11.6 Å². The normalized spacial score (nSPS) is 18.9. The van der Waals surface area contributed by atoms with E-state index in [1.807, 2.05) is 6.07 Å². The van der Waals surface area contributed by atoms with Gasteiger partial charge in [0.25, 0.3) is 0 Å². The maximum atomic E-state index is 13.8. The highest BCUT2D eigenvalue weighted by molar-refractivity contribution is 5.30. The van der Waals surface area contributed by atoms with Crippen molar-refractivity contribution in [3.05, 3.63) is 29.6 Å². The molecule has 0 atom stereocenters. The van der Waals surface area contributed by atoms with Crippen molar-refractivity contribution in [1.29, 1.82) is 0 Å². The summed E-state index contributed by atoms with van der Waals surface area (Å²) >= 11 is 0. The summed E-state index contributed by atoms with van der Waals surface area (Å²) in [4.78, 5) is 0. The van der Waals surface area contributed by atoms with Crippen LogP contribution in [0.1, 0.15) is 44.1 Å². The highest BCUT2D eigenvalue weighted by atomic mass is 19.1. The van der Waals surface area contributed by atoms with Crippen molar-refractivity contribution < 1.29 is 9.13 Å². The van der Waals surface area contributed by atoms with Crippen molar-refractivity contribution in [2.24, 2.45) is 11.1 Å². The van der Waals surface area contributed by atoms with Crippen molar-refractivity contribution in [1.82, 2.24) is 0 Å². The summed E-state index contributed by atoms with van der Waals surface area (Å²) in [7, 11) is 1.49. The van der Waals surface area contributed by atoms with Crippen LogP contribution in [0.5, 0.6) is 5.75 Å². The molecule has 0 amide bonds. The smallest absolute Gasteiger partial charge is 0.165 e. The lowest BCUT2D eigenvalue weighted by atomic mass is 9.75. The molecule has 0 heterocycles. The van der Waals surface area contributed by atoms with E-state index in [9.17, 15) is 4.39 Å². The van der Waals surface area contributed by atoms with Gasteiger partial charge >= 0.3 is 0 Å². The summed E-state index contributed by atoms with van der Waals surface area (Å²) in [5, 5.41) is 0. The number of rotatable bonds is 4. The molecular formula is C16H24FNO. The minimum absolute atomic E-state index is 0.164. The molecule has 0 radical (unpaired) electrons. The van der Waals surface area contributed by atoms with Crippen molar-refractivity contribution in [2.45, 2.75) is 44.9 Å². The van der Waals surface area contributed by atoms with Crippen LogP contribution < -0.4 is 10.5 Å². The van der Waals surface area contributed by atoms with Crippen LogP contribution in [0.4, 0.5) is 4.39 Å². The predicted molar refractivity (Wildman–Crippen MR) is 75.8 cm³/mol. The first-order chi connectivity index (χ1) is 9.19. The molecule has 1 aliphatic carbocycles. The van der Waals surface area contributed by atoms with Gasteiger partial charge in [-0.15, -0.1) is 0 Å². The lowest BCUT2D eigenvalue weighted by Gasteiger charge is -2.31. The Morgan fingerprint density at radius 1 is 1.21 bits per heavy atom. The van der Waals surface area contributed by atoms with Crippen LogP contribution in [0, 0.1) is 11.2 Å². The van der Waals surface area contributed by atoms with Crippen LogP contribution in [-0.2, 0) is 6.42 Å². The summed E-state index contributed by atoms with van der Waals surface area (Å²) < 4.78 is 18.7. The van der Waals surface area contributed by atoms with Gasteiger partial charge in [0.2, 0.25) is 0 Å². The van der Waals surface area contributed by atoms with Gasteiger partial charge in [0.1, 0.15) is 0 Å². The van der Waals surface area contributed by atoms with Gasteiger partial charge in [-0.05, 0) is 48.9 Å². The summed E-state index contributed by atoms with van der Waals surface area (Å²) in [6, 6.07) is 5.27. The Kier molecular flexibility index (Phi) is 4.81. The van der Waals surface area contributed by atoms with E-state index < -0.39 is 0 Å². The highest BCUT2D eigenvalue weighted by Crippen LogP contribution is 2.37. The molecular weight excluding hydrogens is 241 g/mol. The number of methoxy groups -OCH3 is 1. The molecule has 1 aromatic carbocycles. The largest absolute Gasteiger partial charge is 0.494 e. The molecule has 3 heteroatoms. The van der Waals surface area contributed by atoms with Crippen LogP contribution in [0.25, 0.3) is 0 Å². The summed E-state index contributed by atoms with van der Waals surface area (Å²) in [6.07, 6.45) is 8.31. The minimum Gasteiger partial charge on any atom is -0.494 e. The molecule has 0 aliphatic heterocycles. The molecule has 0 aromatic heterocycles. The fourth-order valence-corrected chi connectivity index (χ4v) is 3.18. The second-order valence-corrected chi connectivity index (χ2v) is 5.76. The Balaban J connectivity index is 2.15. The molecule has 2 nitrogen and oxygen atoms in total. The van der Waals surface area contributed by atoms with Gasteiger partial charge in [-0.3, -0.25) is 0 Å². The van der Waals surface area contributed by atoms with Gasteiger partial charge in [-0.1, -0.05) is 31.7 Å². The molecule has 19 heavy (non-hydrogen) atoms. The van der Waals surface area contributed by atoms with Crippen LogP contribution in [-0.4, -0.2) is 13.7 Å². The van der Waals surface area contributed by atoms with Crippen molar-refractivity contribution in [2.75, 3.05) is 13.7 Å². The lowest BCUT2D eigenvalue weighted by molar-refractivity contribution is 0.252. The number of halogens is 1. The number of hydrogen-bond donors (Lipinski definition) is 1. The first-order valence-electron chi connectivity index (χ1n) is 7.22. The summed E-state index contributed by atoms with van der Waals surface area (Å²) in [6.45, 7) is 0.695. The van der Waals surface area contributed by atoms with E-state index in [4.69, 9.17) is 10.5 Å². The standard InChI is InChI=1S/C16H24FNO/c1-19-15-7-6-13(10-14(15)17)11-16(12-18)8-4-2-3-5-9-16/h6-7,10H,2-5,8-9,11-12,18H2,1H3. The maximum absolute atomic E-state index is 13.8. The Labute approximate surface area is 115 Å². The van der Waals surface area contributed by atoms with E-state index in [2.05, 4.69) is 0 Å². The fourth-order valence-electron chi connectivity index (χ4n) is 3.18. The third kappa shape index (κ3) is 3.47. The van der Waals surface area contributed by atoms with Crippen LogP contribution in [0.2, 0.25) is 0 Å². The SMILES string of the molecule is COc1ccc(CC2(CN)CCCCCC2)cc1F. The highest BCUT2D eigenvalue weighted by Gasteiger charge is 2.29. The molecule has 1 fully saturated rings. The lowest BCUT2D eigenvalue weighted by Crippen LogP contribution is -2.32. The second kappa shape index (κ2) is 6.38. The average Bonchev–Trinajstić information content (AvgIpc) is 2.65. The maximum Gasteiger partial charge on any atom is 0.165 e. The summed E-state index contributed by atoms with van der Waals surface area (Å²) in [5.41, 5.74) is 7.23. The van der Waals surface area contributed by atoms with E-state index in [1.54, 1.807) is 12.1 Å². The van der Waals surface area contributed by atoms with Crippen molar-refractivity contribution in [3.63, 3.8) is 0 Å². The molecule has 106 valence electrons. The predicted octanol–water partition coefficient (Wildman–Crippen LogP) is 3.68. The topological polar surface area (TPSA) is 35.2 Å². The third-order valence-electron chi connectivity index (χ3n) is 4.39. The molecule has 0 unspecified atom stereocenters. The average molecular weight is 265 g/mol. The fraction of sp³-hybridized carbons (Fsp3) is 0.625. The molecule has 1 aromatic rings. The van der Waals surface area contributed by atoms with E-state index in [1.165, 1.54) is 32.8 Å². The zero-order chi connectivity index (χ0) is 13.7. The summed E-state index contributed by atoms with van der Waals surface area (Å²) in [5.74, 6) is 0.0345. The van der Waals surface area contributed by atoms with Gasteiger partial charge in [-0.25, -0.2) is 4.39 Å². The van der Waals surface area contributed by atoms with Crippen LogP contribution >= 0.6 is 0 Å². The quantitative estimate of drug-likeness (QED) is 0.843. The zero-order valence-electron chi connectivity index (χ0n) is 11.8. The Bertz CT molecular complexity index is 411. The number of benzene rings is 1. The van der Waals surface area contributed by atoms with Gasteiger partial charge in [0.05, 0.1) is 7.11 Å². The van der Waals surface area contributed by atoms with Gasteiger partial charge in [0, 0.05) is 0 Å². The Hall–Kier alpha value is -1.09. The molecule has 2 N–H and O–H groups in total. The van der Waals surface area contributed by atoms with Gasteiger partial charge < -0.3 is 10.5 Å². The monoisotopic (exact) mass is 265 g/mol. The first-order valence-corrected chi connectivity index (χ1v) is 7.22. The minimum atomic E-state index is -0.277. The van der Waals surface area contributed by atoms with Crippen molar-refractivity contribution >= 4 is 0 Å². The van der Waals surface area contributed by atoms with Crippen molar-refractivity contribution in [3.8, 4) is 5.75 Å². The Morgan fingerprint density at radius 3 is 2.42 bits per heavy atom. The molecule has 0 spiro atoms. The third-order valence-corrected chi connectivity index (χ3v) is 4.39. The van der Waals surface area contributed by atoms with Gasteiger partial charge in [-0.2, -0.15) is 0 Å².